The second-order valence-corrected chi connectivity index (χ2v) is 4.82. The third kappa shape index (κ3) is 4.19. The molecule has 1 heterocycles. The lowest BCUT2D eigenvalue weighted by molar-refractivity contribution is 0.0993. The van der Waals surface area contributed by atoms with E-state index < -0.39 is 0 Å². The van der Waals surface area contributed by atoms with Crippen LogP contribution < -0.4 is 16.1 Å². The molecule has 5 heteroatoms. The molecule has 0 saturated carbocycles. The molecule has 0 spiro atoms. The van der Waals surface area contributed by atoms with Crippen molar-refractivity contribution in [3.63, 3.8) is 0 Å². The molecule has 0 aliphatic rings. The summed E-state index contributed by atoms with van der Waals surface area (Å²) >= 11 is 0. The monoisotopic (exact) mass is 287 g/mol. The Labute approximate surface area is 124 Å². The highest BCUT2D eigenvalue weighted by Gasteiger charge is 2.11. The SMILES string of the molecule is CNC(NO)C(C)NC=Cc1ccc(-c2ccoc2)cc1. The first-order valence-electron chi connectivity index (χ1n) is 6.86. The standard InChI is InChI=1S/C16H21N3O2/c1-12(16(17-2)19-20)18-9-7-13-3-5-14(6-4-13)15-8-10-21-11-15/h3-12,16-20H,1-2H3. The Hall–Kier alpha value is -2.08. The van der Waals surface area contributed by atoms with Crippen molar-refractivity contribution in [2.45, 2.75) is 19.1 Å². The Morgan fingerprint density at radius 2 is 1.90 bits per heavy atom. The Kier molecular flexibility index (Phi) is 5.57. The van der Waals surface area contributed by atoms with Crippen molar-refractivity contribution in [1.29, 1.82) is 0 Å². The maximum atomic E-state index is 8.95. The average Bonchev–Trinajstić information content (AvgIpc) is 3.03. The number of nitrogens with one attached hydrogen (secondary N) is 3. The van der Waals surface area contributed by atoms with Crippen LogP contribution in [0.4, 0.5) is 0 Å². The molecule has 0 bridgehead atoms. The van der Waals surface area contributed by atoms with Gasteiger partial charge >= 0.3 is 0 Å². The lowest BCUT2D eigenvalue weighted by Crippen LogP contribution is -2.51. The molecular formula is C16H21N3O2. The summed E-state index contributed by atoms with van der Waals surface area (Å²) in [6.45, 7) is 1.97. The van der Waals surface area contributed by atoms with Crippen LogP contribution in [0.2, 0.25) is 0 Å². The maximum Gasteiger partial charge on any atom is 0.101 e. The van der Waals surface area contributed by atoms with Gasteiger partial charge in [-0.1, -0.05) is 24.3 Å². The fourth-order valence-electron chi connectivity index (χ4n) is 2.03. The van der Waals surface area contributed by atoms with Gasteiger partial charge in [-0.3, -0.25) is 0 Å². The molecule has 2 atom stereocenters. The second-order valence-electron chi connectivity index (χ2n) is 4.82. The molecule has 0 amide bonds. The van der Waals surface area contributed by atoms with Crippen LogP contribution in [0.3, 0.4) is 0 Å². The van der Waals surface area contributed by atoms with E-state index in [0.29, 0.717) is 0 Å². The summed E-state index contributed by atoms with van der Waals surface area (Å²) in [6.07, 6.45) is 7.05. The van der Waals surface area contributed by atoms with Gasteiger partial charge in [-0.25, -0.2) is 0 Å². The van der Waals surface area contributed by atoms with Crippen molar-refractivity contribution in [3.8, 4) is 11.1 Å². The summed E-state index contributed by atoms with van der Waals surface area (Å²) < 4.78 is 5.08. The summed E-state index contributed by atoms with van der Waals surface area (Å²) in [5, 5.41) is 15.1. The van der Waals surface area contributed by atoms with Crippen LogP contribution in [-0.4, -0.2) is 24.5 Å². The molecule has 1 aromatic heterocycles. The van der Waals surface area contributed by atoms with Crippen molar-refractivity contribution in [3.05, 3.63) is 54.6 Å². The quantitative estimate of drug-likeness (QED) is 0.465. The lowest BCUT2D eigenvalue weighted by Gasteiger charge is -2.21. The molecule has 1 aromatic carbocycles. The van der Waals surface area contributed by atoms with Crippen molar-refractivity contribution < 1.29 is 9.62 Å². The maximum absolute atomic E-state index is 8.95. The van der Waals surface area contributed by atoms with Gasteiger partial charge in [-0.15, -0.1) is 0 Å². The van der Waals surface area contributed by atoms with Gasteiger partial charge in [-0.05, 0) is 43.4 Å². The normalized spacial score (nSPS) is 14.2. The molecule has 0 radical (unpaired) electrons. The van der Waals surface area contributed by atoms with Gasteiger partial charge in [0.1, 0.15) is 6.17 Å². The zero-order valence-corrected chi connectivity index (χ0v) is 12.2. The largest absolute Gasteiger partial charge is 0.472 e. The molecule has 5 nitrogen and oxygen atoms in total. The van der Waals surface area contributed by atoms with E-state index in [1.54, 1.807) is 19.6 Å². The number of hydrogen-bond acceptors (Lipinski definition) is 5. The van der Waals surface area contributed by atoms with Gasteiger partial charge in [0.25, 0.3) is 0 Å². The van der Waals surface area contributed by atoms with E-state index in [1.807, 2.05) is 37.4 Å². The van der Waals surface area contributed by atoms with Crippen LogP contribution in [-0.2, 0) is 0 Å². The van der Waals surface area contributed by atoms with Crippen molar-refractivity contribution >= 4 is 6.08 Å². The number of rotatable bonds is 7. The van der Waals surface area contributed by atoms with Crippen molar-refractivity contribution in [1.82, 2.24) is 16.1 Å². The smallest absolute Gasteiger partial charge is 0.101 e. The second kappa shape index (κ2) is 7.64. The Morgan fingerprint density at radius 1 is 1.14 bits per heavy atom. The predicted molar refractivity (Wildman–Crippen MR) is 83.5 cm³/mol. The third-order valence-corrected chi connectivity index (χ3v) is 3.35. The summed E-state index contributed by atoms with van der Waals surface area (Å²) in [5.41, 5.74) is 5.50. The highest BCUT2D eigenvalue weighted by atomic mass is 16.5. The van der Waals surface area contributed by atoms with Crippen LogP contribution in [0, 0.1) is 0 Å². The van der Waals surface area contributed by atoms with Crippen LogP contribution in [0.25, 0.3) is 17.2 Å². The Morgan fingerprint density at radius 3 is 2.48 bits per heavy atom. The molecule has 21 heavy (non-hydrogen) atoms. The van der Waals surface area contributed by atoms with Crippen LogP contribution in [0.1, 0.15) is 12.5 Å². The van der Waals surface area contributed by atoms with Crippen LogP contribution in [0.15, 0.2) is 53.5 Å². The minimum Gasteiger partial charge on any atom is -0.472 e. The zero-order valence-electron chi connectivity index (χ0n) is 12.2. The number of hydrogen-bond donors (Lipinski definition) is 4. The summed E-state index contributed by atoms with van der Waals surface area (Å²) in [6, 6.07) is 10.2. The Bertz CT molecular complexity index is 545. The molecule has 4 N–H and O–H groups in total. The molecular weight excluding hydrogens is 266 g/mol. The summed E-state index contributed by atoms with van der Waals surface area (Å²) in [4.78, 5) is 0. The van der Waals surface area contributed by atoms with Crippen molar-refractivity contribution in [2.24, 2.45) is 0 Å². The molecule has 0 aliphatic heterocycles. The summed E-state index contributed by atoms with van der Waals surface area (Å²) in [5.74, 6) is 0. The van der Waals surface area contributed by atoms with Gasteiger partial charge in [-0.2, -0.15) is 5.48 Å². The lowest BCUT2D eigenvalue weighted by atomic mass is 10.1. The molecule has 0 aliphatic carbocycles. The molecule has 2 aromatic rings. The molecule has 2 unspecified atom stereocenters. The average molecular weight is 287 g/mol. The fraction of sp³-hybridized carbons (Fsp3) is 0.250. The van der Waals surface area contributed by atoms with Gasteiger partial charge in [0.2, 0.25) is 0 Å². The highest BCUT2D eigenvalue weighted by Crippen LogP contribution is 2.20. The minimum absolute atomic E-state index is 0.0430. The predicted octanol–water partition coefficient (Wildman–Crippen LogP) is 2.42. The highest BCUT2D eigenvalue weighted by molar-refractivity contribution is 5.64. The molecule has 0 saturated heterocycles. The minimum atomic E-state index is -0.210. The van der Waals surface area contributed by atoms with E-state index in [0.717, 1.165) is 16.7 Å². The first-order valence-corrected chi connectivity index (χ1v) is 6.86. The van der Waals surface area contributed by atoms with E-state index in [2.05, 4.69) is 28.2 Å². The molecule has 0 fully saturated rings. The van der Waals surface area contributed by atoms with Gasteiger partial charge in [0.15, 0.2) is 0 Å². The van der Waals surface area contributed by atoms with Gasteiger partial charge in [0.05, 0.1) is 18.6 Å². The first-order chi connectivity index (χ1) is 10.2. The first kappa shape index (κ1) is 15.3. The van der Waals surface area contributed by atoms with E-state index in [9.17, 15) is 0 Å². The summed E-state index contributed by atoms with van der Waals surface area (Å²) in [7, 11) is 1.78. The topological polar surface area (TPSA) is 69.5 Å². The zero-order chi connectivity index (χ0) is 15.1. The van der Waals surface area contributed by atoms with Crippen LogP contribution >= 0.6 is 0 Å². The van der Waals surface area contributed by atoms with Gasteiger partial charge in [0, 0.05) is 5.56 Å². The van der Waals surface area contributed by atoms with E-state index >= 15 is 0 Å². The van der Waals surface area contributed by atoms with Crippen LogP contribution in [0.5, 0.6) is 0 Å². The number of benzene rings is 1. The van der Waals surface area contributed by atoms with Gasteiger partial charge < -0.3 is 20.3 Å². The molecule has 2 rings (SSSR count). The molecule has 112 valence electrons. The number of furan rings is 1. The van der Waals surface area contributed by atoms with Crippen molar-refractivity contribution in [2.75, 3.05) is 7.05 Å². The van der Waals surface area contributed by atoms with E-state index in [-0.39, 0.29) is 12.2 Å². The van der Waals surface area contributed by atoms with E-state index in [1.165, 1.54) is 0 Å². The number of hydroxylamine groups is 1. The Balaban J connectivity index is 1.92. The third-order valence-electron chi connectivity index (χ3n) is 3.35. The number of likely N-dealkylation sites (N-methyl/N-ethyl adjacent to an activating group) is 1. The fourth-order valence-corrected chi connectivity index (χ4v) is 2.03. The van der Waals surface area contributed by atoms with E-state index in [4.69, 9.17) is 9.62 Å².